The van der Waals surface area contributed by atoms with Crippen molar-refractivity contribution >= 4 is 5.91 Å². The molecule has 1 aromatic heterocycles. The minimum absolute atomic E-state index is 0.0262. The van der Waals surface area contributed by atoms with Crippen LogP contribution in [0.1, 0.15) is 40.2 Å². The number of aryl methyl sites for hydroxylation is 1. The quantitative estimate of drug-likeness (QED) is 0.922. The lowest BCUT2D eigenvalue weighted by Gasteiger charge is -2.14. The van der Waals surface area contributed by atoms with E-state index in [4.69, 9.17) is 0 Å². The Morgan fingerprint density at radius 1 is 1.04 bits per heavy atom. The zero-order chi connectivity index (χ0) is 16.2. The molecule has 3 rings (SSSR count). The van der Waals surface area contributed by atoms with Crippen molar-refractivity contribution in [1.82, 2.24) is 14.8 Å². The predicted octanol–water partition coefficient (Wildman–Crippen LogP) is 2.86. The van der Waals surface area contributed by atoms with Crippen molar-refractivity contribution in [3.8, 4) is 0 Å². The van der Waals surface area contributed by atoms with Gasteiger partial charge in [0, 0.05) is 25.8 Å². The molecule has 0 aliphatic carbocycles. The number of hydrogen-bond donors (Lipinski definition) is 1. The monoisotopic (exact) mass is 311 g/mol. The Balaban J connectivity index is 1.54. The third-order valence-electron chi connectivity index (χ3n) is 4.69. The number of benzene rings is 1. The van der Waals surface area contributed by atoms with Crippen LogP contribution in [0.25, 0.3) is 0 Å². The summed E-state index contributed by atoms with van der Waals surface area (Å²) in [6, 6.07) is 12.4. The highest BCUT2D eigenvalue weighted by molar-refractivity contribution is 5.92. The average Bonchev–Trinajstić information content (AvgIpc) is 3.17. The van der Waals surface area contributed by atoms with Crippen LogP contribution in [0.2, 0.25) is 0 Å². The SMILES string of the molecule is Cc1ccc(C(=O)NCc2ccc(CN3CCCC3)cc2)n1C. The van der Waals surface area contributed by atoms with Gasteiger partial charge in [0.1, 0.15) is 5.69 Å². The molecule has 0 atom stereocenters. The molecule has 1 amide bonds. The van der Waals surface area contributed by atoms with Crippen LogP contribution in [0.15, 0.2) is 36.4 Å². The van der Waals surface area contributed by atoms with E-state index in [0.717, 1.165) is 17.8 Å². The van der Waals surface area contributed by atoms with Gasteiger partial charge < -0.3 is 9.88 Å². The number of nitrogens with one attached hydrogen (secondary N) is 1. The Labute approximate surface area is 138 Å². The topological polar surface area (TPSA) is 37.3 Å². The van der Waals surface area contributed by atoms with Gasteiger partial charge in [-0.15, -0.1) is 0 Å². The van der Waals surface area contributed by atoms with Crippen LogP contribution in [-0.4, -0.2) is 28.5 Å². The number of amides is 1. The van der Waals surface area contributed by atoms with Crippen LogP contribution in [0.3, 0.4) is 0 Å². The molecule has 0 spiro atoms. The van der Waals surface area contributed by atoms with Gasteiger partial charge in [0.2, 0.25) is 0 Å². The molecule has 4 nitrogen and oxygen atoms in total. The summed E-state index contributed by atoms with van der Waals surface area (Å²) in [6.07, 6.45) is 2.64. The van der Waals surface area contributed by atoms with Crippen LogP contribution in [-0.2, 0) is 20.1 Å². The predicted molar refractivity (Wildman–Crippen MR) is 92.3 cm³/mol. The molecule has 1 N–H and O–H groups in total. The summed E-state index contributed by atoms with van der Waals surface area (Å²) in [5.41, 5.74) is 4.27. The van der Waals surface area contributed by atoms with Crippen molar-refractivity contribution in [1.29, 1.82) is 0 Å². The third-order valence-corrected chi connectivity index (χ3v) is 4.69. The number of likely N-dealkylation sites (tertiary alicyclic amines) is 1. The minimum Gasteiger partial charge on any atom is -0.347 e. The zero-order valence-corrected chi connectivity index (χ0v) is 14.0. The van der Waals surface area contributed by atoms with E-state index < -0.39 is 0 Å². The standard InChI is InChI=1S/C19H25N3O/c1-15-5-10-18(21(15)2)19(23)20-13-16-6-8-17(9-7-16)14-22-11-3-4-12-22/h5-10H,3-4,11-14H2,1-2H3,(H,20,23). The molecule has 4 heteroatoms. The first-order valence-corrected chi connectivity index (χ1v) is 8.34. The Morgan fingerprint density at radius 3 is 2.30 bits per heavy atom. The van der Waals surface area contributed by atoms with Crippen molar-refractivity contribution in [2.24, 2.45) is 7.05 Å². The molecule has 0 bridgehead atoms. The highest BCUT2D eigenvalue weighted by Gasteiger charge is 2.12. The first-order chi connectivity index (χ1) is 11.1. The van der Waals surface area contributed by atoms with Gasteiger partial charge in [-0.3, -0.25) is 9.69 Å². The van der Waals surface area contributed by atoms with Crippen LogP contribution in [0, 0.1) is 6.92 Å². The summed E-state index contributed by atoms with van der Waals surface area (Å²) in [7, 11) is 1.91. The largest absolute Gasteiger partial charge is 0.347 e. The minimum atomic E-state index is -0.0262. The van der Waals surface area contributed by atoms with E-state index in [2.05, 4.69) is 34.5 Å². The Morgan fingerprint density at radius 2 is 1.70 bits per heavy atom. The average molecular weight is 311 g/mol. The lowest BCUT2D eigenvalue weighted by atomic mass is 10.1. The first-order valence-electron chi connectivity index (χ1n) is 8.34. The molecule has 23 heavy (non-hydrogen) atoms. The maximum absolute atomic E-state index is 12.2. The molecular formula is C19H25N3O. The zero-order valence-electron chi connectivity index (χ0n) is 14.0. The van der Waals surface area contributed by atoms with Gasteiger partial charge in [-0.1, -0.05) is 24.3 Å². The first kappa shape index (κ1) is 15.8. The molecule has 1 aliphatic heterocycles. The van der Waals surface area contributed by atoms with Crippen molar-refractivity contribution in [2.45, 2.75) is 32.9 Å². The molecular weight excluding hydrogens is 286 g/mol. The summed E-state index contributed by atoms with van der Waals surface area (Å²) in [5, 5.41) is 2.99. The summed E-state index contributed by atoms with van der Waals surface area (Å²) in [6.45, 7) is 6.03. The fourth-order valence-corrected chi connectivity index (χ4v) is 3.08. The normalized spacial score (nSPS) is 15.0. The second kappa shape index (κ2) is 7.01. The van der Waals surface area contributed by atoms with Gasteiger partial charge in [-0.2, -0.15) is 0 Å². The van der Waals surface area contributed by atoms with E-state index in [1.54, 1.807) is 0 Å². The van der Waals surface area contributed by atoms with Gasteiger partial charge >= 0.3 is 0 Å². The molecule has 0 unspecified atom stereocenters. The second-order valence-corrected chi connectivity index (χ2v) is 6.40. The number of nitrogens with zero attached hydrogens (tertiary/aromatic N) is 2. The number of aromatic nitrogens is 1. The van der Waals surface area contributed by atoms with Crippen LogP contribution < -0.4 is 5.32 Å². The molecule has 1 fully saturated rings. The van der Waals surface area contributed by atoms with Crippen LogP contribution in [0.4, 0.5) is 0 Å². The van der Waals surface area contributed by atoms with Crippen molar-refractivity contribution in [3.05, 3.63) is 58.9 Å². The van der Waals surface area contributed by atoms with Crippen molar-refractivity contribution in [3.63, 3.8) is 0 Å². The molecule has 1 aromatic carbocycles. The van der Waals surface area contributed by atoms with Gasteiger partial charge in [-0.05, 0) is 56.1 Å². The summed E-state index contributed by atoms with van der Waals surface area (Å²) in [4.78, 5) is 14.7. The lowest BCUT2D eigenvalue weighted by Crippen LogP contribution is -2.25. The van der Waals surface area contributed by atoms with Crippen molar-refractivity contribution < 1.29 is 4.79 Å². The number of carbonyl (C=O) groups is 1. The van der Waals surface area contributed by atoms with E-state index in [1.165, 1.54) is 31.5 Å². The number of hydrogen-bond acceptors (Lipinski definition) is 2. The summed E-state index contributed by atoms with van der Waals surface area (Å²) in [5.74, 6) is -0.0262. The fraction of sp³-hybridized carbons (Fsp3) is 0.421. The van der Waals surface area contributed by atoms with Gasteiger partial charge in [0.15, 0.2) is 0 Å². The van der Waals surface area contributed by atoms with E-state index in [-0.39, 0.29) is 5.91 Å². The summed E-state index contributed by atoms with van der Waals surface area (Å²) < 4.78 is 1.91. The Kier molecular flexibility index (Phi) is 4.82. The number of carbonyl (C=O) groups excluding carboxylic acids is 1. The molecule has 1 aliphatic rings. The van der Waals surface area contributed by atoms with Crippen molar-refractivity contribution in [2.75, 3.05) is 13.1 Å². The van der Waals surface area contributed by atoms with Crippen LogP contribution >= 0.6 is 0 Å². The van der Waals surface area contributed by atoms with E-state index in [1.807, 2.05) is 30.7 Å². The van der Waals surface area contributed by atoms with E-state index >= 15 is 0 Å². The fourth-order valence-electron chi connectivity index (χ4n) is 3.08. The Bertz CT molecular complexity index is 666. The highest BCUT2D eigenvalue weighted by atomic mass is 16.1. The molecule has 2 aromatic rings. The Hall–Kier alpha value is -2.07. The summed E-state index contributed by atoms with van der Waals surface area (Å²) >= 11 is 0. The highest BCUT2D eigenvalue weighted by Crippen LogP contribution is 2.13. The second-order valence-electron chi connectivity index (χ2n) is 6.40. The molecule has 1 saturated heterocycles. The smallest absolute Gasteiger partial charge is 0.268 e. The number of rotatable bonds is 5. The molecule has 0 radical (unpaired) electrons. The van der Waals surface area contributed by atoms with Gasteiger partial charge in [0.25, 0.3) is 5.91 Å². The molecule has 2 heterocycles. The molecule has 0 saturated carbocycles. The molecule has 122 valence electrons. The van der Waals surface area contributed by atoms with Gasteiger partial charge in [0.05, 0.1) is 0 Å². The van der Waals surface area contributed by atoms with E-state index in [9.17, 15) is 4.79 Å². The maximum atomic E-state index is 12.2. The van der Waals surface area contributed by atoms with Gasteiger partial charge in [-0.25, -0.2) is 0 Å². The maximum Gasteiger partial charge on any atom is 0.268 e. The third kappa shape index (κ3) is 3.82. The van der Waals surface area contributed by atoms with Crippen LogP contribution in [0.5, 0.6) is 0 Å². The van der Waals surface area contributed by atoms with E-state index in [0.29, 0.717) is 12.2 Å². The lowest BCUT2D eigenvalue weighted by molar-refractivity contribution is 0.0942.